The molecular formula is C34H32F6O2. The van der Waals surface area contributed by atoms with Crippen molar-refractivity contribution in [1.29, 1.82) is 0 Å². The van der Waals surface area contributed by atoms with Crippen molar-refractivity contribution >= 4 is 11.1 Å². The highest BCUT2D eigenvalue weighted by molar-refractivity contribution is 5.73. The van der Waals surface area contributed by atoms with Crippen LogP contribution >= 0.6 is 0 Å². The minimum absolute atomic E-state index is 0.0845. The van der Waals surface area contributed by atoms with E-state index in [1.54, 1.807) is 6.92 Å². The zero-order valence-electron chi connectivity index (χ0n) is 23.2. The maximum Gasteiger partial charge on any atom is 0.200 e. The van der Waals surface area contributed by atoms with Crippen LogP contribution in [0.4, 0.5) is 26.3 Å². The summed E-state index contributed by atoms with van der Waals surface area (Å²) < 4.78 is 88.1. The maximum atomic E-state index is 15.3. The quantitative estimate of drug-likeness (QED) is 0.271. The summed E-state index contributed by atoms with van der Waals surface area (Å²) in [5, 5.41) is 19.4. The van der Waals surface area contributed by atoms with E-state index >= 15 is 8.78 Å². The van der Waals surface area contributed by atoms with Crippen molar-refractivity contribution in [3.63, 3.8) is 0 Å². The number of hydrogen-bond acceptors (Lipinski definition) is 2. The van der Waals surface area contributed by atoms with E-state index in [1.165, 1.54) is 24.3 Å². The van der Waals surface area contributed by atoms with Gasteiger partial charge in [0.1, 0.15) is 0 Å². The number of halogens is 6. The lowest BCUT2D eigenvalue weighted by molar-refractivity contribution is 0.160. The fourth-order valence-corrected chi connectivity index (χ4v) is 6.31. The van der Waals surface area contributed by atoms with Gasteiger partial charge in [0, 0.05) is 27.8 Å². The molecule has 2 aliphatic rings. The lowest BCUT2D eigenvalue weighted by Crippen LogP contribution is -2.19. The van der Waals surface area contributed by atoms with Crippen LogP contribution in [0.25, 0.3) is 22.3 Å². The first-order valence-electron chi connectivity index (χ1n) is 14.3. The summed E-state index contributed by atoms with van der Waals surface area (Å²) in [6.45, 7) is 1.80. The molecule has 0 spiro atoms. The van der Waals surface area contributed by atoms with Gasteiger partial charge in [-0.1, -0.05) is 49.8 Å². The van der Waals surface area contributed by atoms with Gasteiger partial charge in [-0.25, -0.2) is 22.0 Å². The van der Waals surface area contributed by atoms with Crippen molar-refractivity contribution < 1.29 is 36.6 Å². The van der Waals surface area contributed by atoms with Crippen molar-refractivity contribution in [2.45, 2.75) is 64.4 Å². The molecule has 0 bridgehead atoms. The van der Waals surface area contributed by atoms with Gasteiger partial charge in [0.2, 0.25) is 5.82 Å². The zero-order valence-corrected chi connectivity index (χ0v) is 23.2. The Morgan fingerprint density at radius 1 is 0.643 bits per heavy atom. The second-order valence-electron chi connectivity index (χ2n) is 11.2. The fourth-order valence-electron chi connectivity index (χ4n) is 6.31. The standard InChI is InChI=1S/C34H32F6O2/c1-2-3-27(41)26-15-14-25(32(38)33(26)39)24-13-12-22(29(35)31(24)37)20-8-4-18(5-9-20)19-6-10-21(11-7-19)23-16-17-28(42)34(40)30(23)36/h8,10,12-19,27,41-42H,2-7,9,11H2,1H3. The van der Waals surface area contributed by atoms with E-state index in [4.69, 9.17) is 0 Å². The summed E-state index contributed by atoms with van der Waals surface area (Å²) in [6, 6.07) is 7.52. The molecule has 0 aliphatic heterocycles. The van der Waals surface area contributed by atoms with E-state index in [0.29, 0.717) is 55.1 Å². The Bertz CT molecular complexity index is 1560. The number of phenolic OH excluding ortho intramolecular Hbond substituents is 1. The highest BCUT2D eigenvalue weighted by Crippen LogP contribution is 2.43. The van der Waals surface area contributed by atoms with Crippen molar-refractivity contribution in [2.75, 3.05) is 0 Å². The number of allylic oxidation sites excluding steroid dienone is 4. The maximum absolute atomic E-state index is 15.3. The summed E-state index contributed by atoms with van der Waals surface area (Å²) >= 11 is 0. The summed E-state index contributed by atoms with van der Waals surface area (Å²) in [6.07, 6.45) is 7.33. The highest BCUT2D eigenvalue weighted by atomic mass is 19.2. The van der Waals surface area contributed by atoms with Crippen LogP contribution in [0, 0.1) is 46.7 Å². The number of phenols is 1. The second-order valence-corrected chi connectivity index (χ2v) is 11.2. The predicted molar refractivity (Wildman–Crippen MR) is 150 cm³/mol. The first kappa shape index (κ1) is 30.0. The molecule has 0 fully saturated rings. The van der Waals surface area contributed by atoms with Gasteiger partial charge in [-0.2, -0.15) is 4.39 Å². The van der Waals surface area contributed by atoms with E-state index in [9.17, 15) is 27.8 Å². The largest absolute Gasteiger partial charge is 0.505 e. The van der Waals surface area contributed by atoms with Crippen LogP contribution in [0.1, 0.15) is 81.1 Å². The van der Waals surface area contributed by atoms with Crippen LogP contribution in [0.5, 0.6) is 5.75 Å². The SMILES string of the molecule is CCCC(O)c1ccc(-c2ccc(C3=CCC(C4CC=C(c5ccc(O)c(F)c5F)CC4)CC3)c(F)c2F)c(F)c1F. The van der Waals surface area contributed by atoms with Gasteiger partial charge in [-0.05, 0) is 80.1 Å². The van der Waals surface area contributed by atoms with Crippen LogP contribution in [0.15, 0.2) is 48.6 Å². The van der Waals surface area contributed by atoms with E-state index in [1.807, 2.05) is 12.2 Å². The minimum atomic E-state index is -1.34. The predicted octanol–water partition coefficient (Wildman–Crippen LogP) is 9.79. The Labute approximate surface area is 241 Å². The normalized spacial score (nSPS) is 19.8. The first-order valence-corrected chi connectivity index (χ1v) is 14.3. The number of rotatable bonds is 7. The molecule has 3 unspecified atom stereocenters. The number of aliphatic hydroxyl groups excluding tert-OH is 1. The Hall–Kier alpha value is -3.52. The van der Waals surface area contributed by atoms with Crippen LogP contribution in [-0.2, 0) is 0 Å². The van der Waals surface area contributed by atoms with Crippen molar-refractivity contribution in [2.24, 2.45) is 11.8 Å². The van der Waals surface area contributed by atoms with Crippen molar-refractivity contribution in [3.8, 4) is 16.9 Å². The average Bonchev–Trinajstić information content (AvgIpc) is 2.99. The molecule has 0 saturated heterocycles. The number of aromatic hydroxyl groups is 1. The molecule has 0 amide bonds. The lowest BCUT2D eigenvalue weighted by atomic mass is 9.73. The molecule has 0 aromatic heterocycles. The molecule has 0 heterocycles. The number of aliphatic hydroxyl groups is 1. The Kier molecular flexibility index (Phi) is 8.83. The molecule has 3 aromatic carbocycles. The van der Waals surface area contributed by atoms with E-state index < -0.39 is 57.9 Å². The van der Waals surface area contributed by atoms with Gasteiger partial charge >= 0.3 is 0 Å². The van der Waals surface area contributed by atoms with E-state index in [0.717, 1.165) is 25.0 Å². The molecule has 3 aromatic rings. The molecule has 42 heavy (non-hydrogen) atoms. The molecular weight excluding hydrogens is 554 g/mol. The van der Waals surface area contributed by atoms with Gasteiger partial charge in [-0.3, -0.25) is 0 Å². The van der Waals surface area contributed by atoms with Crippen molar-refractivity contribution in [3.05, 3.63) is 100 Å². The zero-order chi connectivity index (χ0) is 30.1. The molecule has 3 atom stereocenters. The molecule has 2 N–H and O–H groups in total. The van der Waals surface area contributed by atoms with E-state index in [-0.39, 0.29) is 23.1 Å². The molecule has 222 valence electrons. The van der Waals surface area contributed by atoms with Crippen molar-refractivity contribution in [1.82, 2.24) is 0 Å². The third-order valence-electron chi connectivity index (χ3n) is 8.73. The topological polar surface area (TPSA) is 40.5 Å². The smallest absolute Gasteiger partial charge is 0.200 e. The van der Waals surface area contributed by atoms with Gasteiger partial charge in [0.25, 0.3) is 0 Å². The van der Waals surface area contributed by atoms with Crippen LogP contribution in [0.2, 0.25) is 0 Å². The second kappa shape index (κ2) is 12.4. The summed E-state index contributed by atoms with van der Waals surface area (Å²) in [4.78, 5) is 0. The number of hydrogen-bond donors (Lipinski definition) is 2. The highest BCUT2D eigenvalue weighted by Gasteiger charge is 2.29. The monoisotopic (exact) mass is 586 g/mol. The minimum Gasteiger partial charge on any atom is -0.505 e. The molecule has 0 radical (unpaired) electrons. The van der Waals surface area contributed by atoms with Crippen LogP contribution in [0.3, 0.4) is 0 Å². The van der Waals surface area contributed by atoms with Gasteiger partial charge in [0.05, 0.1) is 6.10 Å². The Morgan fingerprint density at radius 2 is 1.10 bits per heavy atom. The fraction of sp³-hybridized carbons (Fsp3) is 0.353. The summed E-state index contributed by atoms with van der Waals surface area (Å²) in [5.41, 5.74) is 0.560. The molecule has 8 heteroatoms. The molecule has 0 saturated carbocycles. The third-order valence-corrected chi connectivity index (χ3v) is 8.73. The average molecular weight is 587 g/mol. The molecule has 5 rings (SSSR count). The van der Waals surface area contributed by atoms with Gasteiger partial charge < -0.3 is 10.2 Å². The Morgan fingerprint density at radius 3 is 1.62 bits per heavy atom. The lowest BCUT2D eigenvalue weighted by Gasteiger charge is -2.32. The van der Waals surface area contributed by atoms with Crippen LogP contribution in [-0.4, -0.2) is 10.2 Å². The first-order chi connectivity index (χ1) is 20.1. The summed E-state index contributed by atoms with van der Waals surface area (Å²) in [7, 11) is 0. The van der Waals surface area contributed by atoms with Gasteiger partial charge in [0.15, 0.2) is 34.8 Å². The summed E-state index contributed by atoms with van der Waals surface area (Å²) in [5.74, 6) is -7.44. The third kappa shape index (κ3) is 5.61. The molecule has 2 aliphatic carbocycles. The van der Waals surface area contributed by atoms with Crippen LogP contribution < -0.4 is 0 Å². The van der Waals surface area contributed by atoms with Gasteiger partial charge in [-0.15, -0.1) is 0 Å². The van der Waals surface area contributed by atoms with E-state index in [2.05, 4.69) is 0 Å². The molecule has 2 nitrogen and oxygen atoms in total. The number of benzene rings is 3. The Balaban J connectivity index is 1.30.